The number of piperidine rings is 2. The molecule has 0 radical (unpaired) electrons. The zero-order chi connectivity index (χ0) is 31.4. The van der Waals surface area contributed by atoms with Gasteiger partial charge in [0.25, 0.3) is 0 Å². The highest BCUT2D eigenvalue weighted by atomic mass is 32.2. The van der Waals surface area contributed by atoms with Gasteiger partial charge in [0.1, 0.15) is 11.6 Å². The van der Waals surface area contributed by atoms with Gasteiger partial charge in [-0.25, -0.2) is 29.9 Å². The van der Waals surface area contributed by atoms with Crippen LogP contribution in [0.3, 0.4) is 0 Å². The third-order valence-electron chi connectivity index (χ3n) is 9.41. The summed E-state index contributed by atoms with van der Waals surface area (Å²) in [5.74, 6) is -1.18. The van der Waals surface area contributed by atoms with Crippen LogP contribution in [0.2, 0.25) is 0 Å². The van der Waals surface area contributed by atoms with Crippen molar-refractivity contribution in [2.24, 2.45) is 5.92 Å². The Bertz CT molecular complexity index is 1290. The van der Waals surface area contributed by atoms with E-state index in [2.05, 4.69) is 15.1 Å². The minimum atomic E-state index is -3.27. The second kappa shape index (κ2) is 14.6. The Morgan fingerprint density at radius 3 is 1.88 bits per heavy atom. The zero-order valence-corrected chi connectivity index (χ0v) is 27.2. The molecule has 14 heteroatoms. The van der Waals surface area contributed by atoms with Gasteiger partial charge in [0.15, 0.2) is 0 Å². The Kier molecular flexibility index (Phi) is 11.6. The number of hydrogen-bond donors (Lipinski definition) is 1. The van der Waals surface area contributed by atoms with E-state index in [1.54, 1.807) is 0 Å². The Labute approximate surface area is 255 Å². The third-order valence-corrected chi connectivity index (χ3v) is 12.0. The Morgan fingerprint density at radius 2 is 1.37 bits per heavy atom. The first-order chi connectivity index (χ1) is 20.2. The van der Waals surface area contributed by atoms with E-state index in [0.717, 1.165) is 38.5 Å². The van der Waals surface area contributed by atoms with E-state index < -0.39 is 31.7 Å². The summed E-state index contributed by atoms with van der Waals surface area (Å²) in [5.41, 5.74) is 0.625. The molecule has 3 heterocycles. The number of piperazine rings is 1. The van der Waals surface area contributed by atoms with Crippen LogP contribution in [0, 0.1) is 17.6 Å². The van der Waals surface area contributed by atoms with E-state index in [1.165, 1.54) is 33.3 Å². The maximum atomic E-state index is 14.2. The lowest BCUT2D eigenvalue weighted by Crippen LogP contribution is -2.57. The number of rotatable bonds is 11. The fourth-order valence-corrected chi connectivity index (χ4v) is 8.65. The number of amides is 1. The molecule has 244 valence electrons. The highest BCUT2D eigenvalue weighted by Gasteiger charge is 2.34. The van der Waals surface area contributed by atoms with Crippen molar-refractivity contribution in [1.29, 1.82) is 0 Å². The van der Waals surface area contributed by atoms with Crippen LogP contribution < -0.4 is 5.32 Å². The van der Waals surface area contributed by atoms with Crippen LogP contribution in [-0.4, -0.2) is 125 Å². The summed E-state index contributed by atoms with van der Waals surface area (Å²) in [7, 11) is -6.50. The molecule has 3 fully saturated rings. The molecular formula is C29H47F2N5O5S2. The highest BCUT2D eigenvalue weighted by molar-refractivity contribution is 7.88. The lowest BCUT2D eigenvalue weighted by atomic mass is 9.78. The average Bonchev–Trinajstić information content (AvgIpc) is 2.93. The molecule has 1 amide bonds. The maximum Gasteiger partial charge on any atom is 0.237 e. The second-order valence-corrected chi connectivity index (χ2v) is 16.3. The summed E-state index contributed by atoms with van der Waals surface area (Å²) in [4.78, 5) is 17.6. The van der Waals surface area contributed by atoms with Crippen LogP contribution >= 0.6 is 0 Å². The van der Waals surface area contributed by atoms with Crippen molar-refractivity contribution in [2.45, 2.75) is 63.5 Å². The molecule has 3 aliphatic heterocycles. The number of likely N-dealkylation sites (tertiary alicyclic amines) is 1. The lowest BCUT2D eigenvalue weighted by Gasteiger charge is -2.39. The quantitative estimate of drug-likeness (QED) is 0.392. The van der Waals surface area contributed by atoms with E-state index >= 15 is 0 Å². The lowest BCUT2D eigenvalue weighted by molar-refractivity contribution is -0.128. The number of sulfonamides is 2. The van der Waals surface area contributed by atoms with Gasteiger partial charge in [-0.2, -0.15) is 4.31 Å². The number of carbonyl (C=O) groups excluding carboxylic acids is 1. The summed E-state index contributed by atoms with van der Waals surface area (Å²) in [6.45, 7) is 6.98. The smallest absolute Gasteiger partial charge is 0.237 e. The minimum absolute atomic E-state index is 0.0117. The molecule has 1 aromatic rings. The Balaban J connectivity index is 1.29. The summed E-state index contributed by atoms with van der Waals surface area (Å²) in [6.07, 6.45) is 6.67. The fourth-order valence-electron chi connectivity index (χ4n) is 6.95. The van der Waals surface area contributed by atoms with Crippen molar-refractivity contribution >= 4 is 26.0 Å². The van der Waals surface area contributed by atoms with Crippen molar-refractivity contribution < 1.29 is 30.4 Å². The molecule has 43 heavy (non-hydrogen) atoms. The second-order valence-electron chi connectivity index (χ2n) is 12.3. The number of carbonyl (C=O) groups is 1. The molecule has 0 saturated carbocycles. The predicted molar refractivity (Wildman–Crippen MR) is 163 cm³/mol. The summed E-state index contributed by atoms with van der Waals surface area (Å²) >= 11 is 0. The molecule has 1 aromatic carbocycles. The van der Waals surface area contributed by atoms with Crippen molar-refractivity contribution in [1.82, 2.24) is 23.7 Å². The van der Waals surface area contributed by atoms with Crippen molar-refractivity contribution in [3.8, 4) is 0 Å². The first-order valence-corrected chi connectivity index (χ1v) is 19.1. The van der Waals surface area contributed by atoms with Gasteiger partial charge in [0, 0.05) is 64.5 Å². The van der Waals surface area contributed by atoms with Gasteiger partial charge in [-0.15, -0.1) is 0 Å². The van der Waals surface area contributed by atoms with Crippen LogP contribution in [0.1, 0.15) is 56.9 Å². The van der Waals surface area contributed by atoms with Gasteiger partial charge >= 0.3 is 0 Å². The van der Waals surface area contributed by atoms with Crippen LogP contribution in [0.5, 0.6) is 0 Å². The van der Waals surface area contributed by atoms with E-state index in [9.17, 15) is 30.4 Å². The largest absolute Gasteiger partial charge is 0.352 e. The molecule has 0 bridgehead atoms. The zero-order valence-electron chi connectivity index (χ0n) is 25.6. The molecule has 0 spiro atoms. The molecule has 3 aliphatic rings. The molecule has 2 unspecified atom stereocenters. The van der Waals surface area contributed by atoms with Gasteiger partial charge in [0.2, 0.25) is 26.0 Å². The predicted octanol–water partition coefficient (Wildman–Crippen LogP) is 2.05. The molecule has 0 aromatic heterocycles. The molecule has 4 rings (SSSR count). The van der Waals surface area contributed by atoms with Crippen molar-refractivity contribution in [3.63, 3.8) is 0 Å². The van der Waals surface area contributed by atoms with Crippen LogP contribution in [0.15, 0.2) is 18.2 Å². The van der Waals surface area contributed by atoms with Crippen LogP contribution in [-0.2, 0) is 24.8 Å². The van der Waals surface area contributed by atoms with E-state index in [4.69, 9.17) is 0 Å². The molecular weight excluding hydrogens is 600 g/mol. The molecule has 2 atom stereocenters. The fraction of sp³-hybridized carbons (Fsp3) is 0.759. The third kappa shape index (κ3) is 9.40. The number of hydrogen-bond acceptors (Lipinski definition) is 7. The number of benzene rings is 1. The van der Waals surface area contributed by atoms with Gasteiger partial charge in [-0.05, 0) is 74.6 Å². The van der Waals surface area contributed by atoms with Gasteiger partial charge in [-0.3, -0.25) is 9.69 Å². The van der Waals surface area contributed by atoms with E-state index in [-0.39, 0.29) is 29.8 Å². The van der Waals surface area contributed by atoms with E-state index in [0.29, 0.717) is 70.5 Å². The maximum absolute atomic E-state index is 14.2. The summed E-state index contributed by atoms with van der Waals surface area (Å²) in [5, 5.41) is 3.22. The molecule has 1 N–H and O–H groups in total. The SMILES string of the molecule is CCC(C(=O)NC1CCN(CCC(c2cc(F)cc(F)c2)C2CCN(S(C)(=O)=O)CC2)CC1)N1CCN(S(C)(=O)=O)CC1. The van der Waals surface area contributed by atoms with Crippen LogP contribution in [0.25, 0.3) is 0 Å². The standard InChI is InChI=1S/C29H47F2N5O5S2/c1-4-28(34-15-17-36(18-16-34)43(3,40)41)29(37)32-26-7-10-33(11-8-26)12-9-27(23-19-24(30)21-25(31)20-23)22-5-13-35(14-6-22)42(2,38)39/h19-22,26-28H,4-18H2,1-3H3,(H,32,37). The van der Waals surface area contributed by atoms with Gasteiger partial charge in [0.05, 0.1) is 18.6 Å². The Morgan fingerprint density at radius 1 is 0.837 bits per heavy atom. The molecule has 3 saturated heterocycles. The minimum Gasteiger partial charge on any atom is -0.352 e. The normalized spacial score (nSPS) is 22.8. The van der Waals surface area contributed by atoms with Crippen LogP contribution in [0.4, 0.5) is 8.78 Å². The first-order valence-electron chi connectivity index (χ1n) is 15.4. The summed E-state index contributed by atoms with van der Waals surface area (Å²) < 4.78 is 79.0. The number of nitrogens with zero attached hydrogens (tertiary/aromatic N) is 4. The highest BCUT2D eigenvalue weighted by Crippen LogP contribution is 2.37. The molecule has 0 aliphatic carbocycles. The van der Waals surface area contributed by atoms with Crippen molar-refractivity contribution in [3.05, 3.63) is 35.4 Å². The monoisotopic (exact) mass is 647 g/mol. The number of halogens is 2. The Hall–Kier alpha value is -1.71. The molecule has 10 nitrogen and oxygen atoms in total. The van der Waals surface area contributed by atoms with Gasteiger partial charge in [-0.1, -0.05) is 6.92 Å². The first kappa shape index (κ1) is 34.2. The average molecular weight is 648 g/mol. The van der Waals surface area contributed by atoms with Crippen molar-refractivity contribution in [2.75, 3.05) is 71.4 Å². The summed E-state index contributed by atoms with van der Waals surface area (Å²) in [6, 6.07) is 3.46. The van der Waals surface area contributed by atoms with E-state index in [1.807, 2.05) is 6.92 Å². The van der Waals surface area contributed by atoms with Gasteiger partial charge < -0.3 is 10.2 Å². The number of nitrogens with one attached hydrogen (secondary N) is 1. The topological polar surface area (TPSA) is 110 Å².